The number of benzene rings is 2. The molecule has 2 heterocycles. The van der Waals surface area contributed by atoms with Crippen LogP contribution in [0.3, 0.4) is 0 Å². The van der Waals surface area contributed by atoms with Crippen LogP contribution >= 0.6 is 22.9 Å². The Hall–Kier alpha value is -3.36. The topological polar surface area (TPSA) is 92.7 Å². The van der Waals surface area contributed by atoms with Crippen LogP contribution < -0.4 is 10.6 Å². The van der Waals surface area contributed by atoms with E-state index >= 15 is 0 Å². The average Bonchev–Trinajstić information content (AvgIpc) is 3.22. The molecule has 28 heavy (non-hydrogen) atoms. The zero-order valence-electron chi connectivity index (χ0n) is 14.3. The first-order chi connectivity index (χ1) is 13.7. The van der Waals surface area contributed by atoms with Gasteiger partial charge in [-0.15, -0.1) is 10.2 Å². The number of nitrogens with one attached hydrogen (secondary N) is 2. The number of nitrogens with zero attached hydrogens (tertiary/aromatic N) is 4. The van der Waals surface area contributed by atoms with Crippen molar-refractivity contribution in [2.45, 2.75) is 0 Å². The van der Waals surface area contributed by atoms with Gasteiger partial charge in [0.1, 0.15) is 5.51 Å². The van der Waals surface area contributed by atoms with Crippen molar-refractivity contribution >= 4 is 45.6 Å². The second kappa shape index (κ2) is 8.12. The number of carbonyl (C=O) groups excluding carboxylic acids is 1. The van der Waals surface area contributed by atoms with Gasteiger partial charge < -0.3 is 5.32 Å². The van der Waals surface area contributed by atoms with Crippen molar-refractivity contribution < 1.29 is 4.79 Å². The standard InChI is InChI=1S/C19H13ClN6OS/c20-14-5-1-12(2-6-14)16-9-10-21-18(24-16)23-15-7-3-13(4-8-15)17(27)25-19-26-22-11-28-19/h1-11H,(H,21,23,24)(H,25,26,27). The number of hydrogen-bond donors (Lipinski definition) is 2. The zero-order valence-corrected chi connectivity index (χ0v) is 15.9. The van der Waals surface area contributed by atoms with Gasteiger partial charge in [0.05, 0.1) is 5.69 Å². The lowest BCUT2D eigenvalue weighted by Gasteiger charge is -2.08. The van der Waals surface area contributed by atoms with Gasteiger partial charge >= 0.3 is 0 Å². The molecule has 0 aliphatic carbocycles. The van der Waals surface area contributed by atoms with Crippen molar-refractivity contribution in [2.24, 2.45) is 0 Å². The Morgan fingerprint density at radius 2 is 1.79 bits per heavy atom. The van der Waals surface area contributed by atoms with Crippen molar-refractivity contribution in [1.29, 1.82) is 0 Å². The fraction of sp³-hybridized carbons (Fsp3) is 0. The van der Waals surface area contributed by atoms with Gasteiger partial charge in [-0.25, -0.2) is 9.97 Å². The molecule has 0 bridgehead atoms. The molecule has 0 unspecified atom stereocenters. The predicted octanol–water partition coefficient (Wildman–Crippen LogP) is 4.64. The molecular formula is C19H13ClN6OS. The molecule has 4 rings (SSSR count). The summed E-state index contributed by atoms with van der Waals surface area (Å²) < 4.78 is 0. The second-order valence-electron chi connectivity index (χ2n) is 5.67. The van der Waals surface area contributed by atoms with Crippen LogP contribution in [0, 0.1) is 0 Å². The normalized spacial score (nSPS) is 10.5. The number of rotatable bonds is 5. The molecule has 138 valence electrons. The smallest absolute Gasteiger partial charge is 0.257 e. The molecule has 0 atom stereocenters. The van der Waals surface area contributed by atoms with Crippen LogP contribution in [-0.4, -0.2) is 26.1 Å². The molecule has 0 fully saturated rings. The summed E-state index contributed by atoms with van der Waals surface area (Å²) in [6.07, 6.45) is 1.68. The minimum Gasteiger partial charge on any atom is -0.324 e. The van der Waals surface area contributed by atoms with Gasteiger partial charge in [-0.2, -0.15) is 0 Å². The number of anilines is 3. The molecule has 0 saturated carbocycles. The lowest BCUT2D eigenvalue weighted by Crippen LogP contribution is -2.11. The highest BCUT2D eigenvalue weighted by atomic mass is 35.5. The van der Waals surface area contributed by atoms with Gasteiger partial charge in [0.15, 0.2) is 0 Å². The van der Waals surface area contributed by atoms with Crippen LogP contribution in [-0.2, 0) is 0 Å². The maximum Gasteiger partial charge on any atom is 0.257 e. The first kappa shape index (κ1) is 18.0. The minimum atomic E-state index is -0.246. The first-order valence-corrected chi connectivity index (χ1v) is 9.47. The maximum atomic E-state index is 12.2. The molecule has 4 aromatic rings. The molecule has 9 heteroatoms. The Bertz CT molecular complexity index is 1080. The first-order valence-electron chi connectivity index (χ1n) is 8.21. The van der Waals surface area contributed by atoms with E-state index in [2.05, 4.69) is 30.8 Å². The van der Waals surface area contributed by atoms with Crippen LogP contribution in [0.5, 0.6) is 0 Å². The Morgan fingerprint density at radius 3 is 2.50 bits per heavy atom. The summed E-state index contributed by atoms with van der Waals surface area (Å²) in [4.78, 5) is 20.9. The summed E-state index contributed by atoms with van der Waals surface area (Å²) in [6.45, 7) is 0. The third-order valence-corrected chi connectivity index (χ3v) is 4.64. The van der Waals surface area contributed by atoms with Gasteiger partial charge in [-0.1, -0.05) is 35.1 Å². The minimum absolute atomic E-state index is 0.246. The summed E-state index contributed by atoms with van der Waals surface area (Å²) in [5, 5.41) is 14.4. The number of aromatic nitrogens is 4. The van der Waals surface area contributed by atoms with Gasteiger partial charge in [0, 0.05) is 28.0 Å². The predicted molar refractivity (Wildman–Crippen MR) is 110 cm³/mol. The van der Waals surface area contributed by atoms with Crippen LogP contribution in [0.4, 0.5) is 16.8 Å². The van der Waals surface area contributed by atoms with E-state index in [9.17, 15) is 4.79 Å². The molecule has 2 aromatic heterocycles. The number of halogens is 1. The van der Waals surface area contributed by atoms with Crippen molar-refractivity contribution in [3.63, 3.8) is 0 Å². The molecule has 1 amide bonds. The van der Waals surface area contributed by atoms with Crippen molar-refractivity contribution in [3.8, 4) is 11.3 Å². The van der Waals surface area contributed by atoms with Crippen LogP contribution in [0.1, 0.15) is 10.4 Å². The van der Waals surface area contributed by atoms with E-state index in [4.69, 9.17) is 11.6 Å². The summed E-state index contributed by atoms with van der Waals surface area (Å²) in [6, 6.07) is 16.3. The maximum absolute atomic E-state index is 12.2. The summed E-state index contributed by atoms with van der Waals surface area (Å²) in [5.74, 6) is 0.211. The largest absolute Gasteiger partial charge is 0.324 e. The molecule has 0 radical (unpaired) electrons. The molecule has 7 nitrogen and oxygen atoms in total. The monoisotopic (exact) mass is 408 g/mol. The average molecular weight is 409 g/mol. The van der Waals surface area contributed by atoms with Crippen LogP contribution in [0.15, 0.2) is 66.3 Å². The summed E-state index contributed by atoms with van der Waals surface area (Å²) in [7, 11) is 0. The fourth-order valence-electron chi connectivity index (χ4n) is 2.43. The SMILES string of the molecule is O=C(Nc1nncs1)c1ccc(Nc2nccc(-c3ccc(Cl)cc3)n2)cc1. The lowest BCUT2D eigenvalue weighted by atomic mass is 10.1. The van der Waals surface area contributed by atoms with Crippen LogP contribution in [0.2, 0.25) is 5.02 Å². The van der Waals surface area contributed by atoms with Gasteiger partial charge in [0.2, 0.25) is 11.1 Å². The van der Waals surface area contributed by atoms with E-state index in [-0.39, 0.29) is 5.91 Å². The summed E-state index contributed by atoms with van der Waals surface area (Å²) in [5.41, 5.74) is 4.55. The Labute approximate surface area is 169 Å². The zero-order chi connectivity index (χ0) is 19.3. The molecular weight excluding hydrogens is 396 g/mol. The highest BCUT2D eigenvalue weighted by Crippen LogP contribution is 2.21. The van der Waals surface area contributed by atoms with Crippen molar-refractivity contribution in [1.82, 2.24) is 20.2 Å². The van der Waals surface area contributed by atoms with E-state index in [0.717, 1.165) is 16.9 Å². The van der Waals surface area contributed by atoms with Crippen molar-refractivity contribution in [3.05, 3.63) is 76.9 Å². The molecule has 0 saturated heterocycles. The van der Waals surface area contributed by atoms with Gasteiger partial charge in [0.25, 0.3) is 5.91 Å². The van der Waals surface area contributed by atoms with Crippen LogP contribution in [0.25, 0.3) is 11.3 Å². The molecule has 0 aliphatic heterocycles. The molecule has 0 aliphatic rings. The summed E-state index contributed by atoms with van der Waals surface area (Å²) >= 11 is 7.19. The van der Waals surface area contributed by atoms with E-state index in [1.807, 2.05) is 30.3 Å². The van der Waals surface area contributed by atoms with Crippen molar-refractivity contribution in [2.75, 3.05) is 10.6 Å². The third kappa shape index (κ3) is 4.30. The van der Waals surface area contributed by atoms with E-state index < -0.39 is 0 Å². The lowest BCUT2D eigenvalue weighted by molar-refractivity contribution is 0.102. The highest BCUT2D eigenvalue weighted by molar-refractivity contribution is 7.13. The van der Waals surface area contributed by atoms with E-state index in [0.29, 0.717) is 21.7 Å². The molecule has 2 aromatic carbocycles. The van der Waals surface area contributed by atoms with Gasteiger partial charge in [-0.05, 0) is 42.5 Å². The quantitative estimate of drug-likeness (QED) is 0.499. The second-order valence-corrected chi connectivity index (χ2v) is 6.94. The van der Waals surface area contributed by atoms with E-state index in [1.54, 1.807) is 36.0 Å². The molecule has 2 N–H and O–H groups in total. The Kier molecular flexibility index (Phi) is 5.22. The van der Waals surface area contributed by atoms with E-state index in [1.165, 1.54) is 11.3 Å². The Morgan fingerprint density at radius 1 is 1.00 bits per heavy atom. The Balaban J connectivity index is 1.46. The fourth-order valence-corrected chi connectivity index (χ4v) is 3.00. The van der Waals surface area contributed by atoms with Gasteiger partial charge in [-0.3, -0.25) is 10.1 Å². The third-order valence-electron chi connectivity index (χ3n) is 3.78. The number of hydrogen-bond acceptors (Lipinski definition) is 7. The number of amides is 1. The molecule has 0 spiro atoms. The number of carbonyl (C=O) groups is 1. The highest BCUT2D eigenvalue weighted by Gasteiger charge is 2.08.